The van der Waals surface area contributed by atoms with E-state index in [1.165, 1.54) is 87.2 Å². The van der Waals surface area contributed by atoms with E-state index < -0.39 is 0 Å². The zero-order valence-electron chi connectivity index (χ0n) is 26.1. The van der Waals surface area contributed by atoms with Crippen LogP contribution in [0.15, 0.2) is 170 Å². The van der Waals surface area contributed by atoms with Crippen LogP contribution in [0.4, 0.5) is 0 Å². The van der Waals surface area contributed by atoms with Gasteiger partial charge in [-0.3, -0.25) is 9.97 Å². The first-order valence-corrected chi connectivity index (χ1v) is 16.4. The molecular weight excluding hydrogens is 581 g/mol. The summed E-state index contributed by atoms with van der Waals surface area (Å²) in [7, 11) is 0. The molecule has 2 heteroatoms. The normalized spacial score (nSPS) is 11.8. The molecule has 0 radical (unpaired) electrons. The Morgan fingerprint density at radius 1 is 0.292 bits per heavy atom. The van der Waals surface area contributed by atoms with E-state index >= 15 is 0 Å². The van der Waals surface area contributed by atoms with Gasteiger partial charge < -0.3 is 0 Å². The molecule has 8 aromatic carbocycles. The second-order valence-corrected chi connectivity index (χ2v) is 12.6. The molecule has 2 nitrogen and oxygen atoms in total. The van der Waals surface area contributed by atoms with Crippen LogP contribution in [0, 0.1) is 0 Å². The molecule has 2 heterocycles. The van der Waals surface area contributed by atoms with Crippen LogP contribution in [-0.2, 0) is 0 Å². The van der Waals surface area contributed by atoms with Gasteiger partial charge in [-0.1, -0.05) is 121 Å². The van der Waals surface area contributed by atoms with Crippen molar-refractivity contribution in [3.63, 3.8) is 0 Å². The van der Waals surface area contributed by atoms with E-state index in [1.807, 2.05) is 36.9 Å². The predicted octanol–water partition coefficient (Wildman–Crippen LogP) is 12.3. The molecule has 0 saturated heterocycles. The van der Waals surface area contributed by atoms with Crippen molar-refractivity contribution in [2.45, 2.75) is 0 Å². The molecule has 0 aliphatic carbocycles. The largest absolute Gasteiger partial charge is 0.264 e. The van der Waals surface area contributed by atoms with Crippen LogP contribution in [0.3, 0.4) is 0 Å². The minimum Gasteiger partial charge on any atom is -0.264 e. The summed E-state index contributed by atoms with van der Waals surface area (Å²) in [6.45, 7) is 0. The average Bonchev–Trinajstić information content (AvgIpc) is 3.17. The van der Waals surface area contributed by atoms with Crippen LogP contribution in [0.2, 0.25) is 0 Å². The highest BCUT2D eigenvalue weighted by atomic mass is 14.6. The van der Waals surface area contributed by atoms with E-state index in [9.17, 15) is 0 Å². The number of pyridine rings is 2. The van der Waals surface area contributed by atoms with Crippen molar-refractivity contribution in [3.05, 3.63) is 170 Å². The first kappa shape index (κ1) is 26.8. The van der Waals surface area contributed by atoms with Crippen LogP contribution >= 0.6 is 0 Å². The molecule has 10 rings (SSSR count). The topological polar surface area (TPSA) is 25.8 Å². The monoisotopic (exact) mass is 608 g/mol. The maximum absolute atomic E-state index is 4.55. The van der Waals surface area contributed by atoms with Crippen molar-refractivity contribution >= 4 is 53.9 Å². The van der Waals surface area contributed by atoms with Crippen LogP contribution in [0.25, 0.3) is 98.4 Å². The Morgan fingerprint density at radius 3 is 1.15 bits per heavy atom. The van der Waals surface area contributed by atoms with Crippen molar-refractivity contribution in [1.29, 1.82) is 0 Å². The Balaban J connectivity index is 1.42. The lowest BCUT2D eigenvalue weighted by molar-refractivity contribution is 1.33. The summed E-state index contributed by atoms with van der Waals surface area (Å²) >= 11 is 0. The summed E-state index contributed by atoms with van der Waals surface area (Å²) in [6, 6.07) is 53.2. The fraction of sp³-hybridized carbons (Fsp3) is 0. The number of hydrogen-bond acceptors (Lipinski definition) is 2. The molecule has 0 aliphatic rings. The quantitative estimate of drug-likeness (QED) is 0.186. The fourth-order valence-corrected chi connectivity index (χ4v) is 7.88. The van der Waals surface area contributed by atoms with Gasteiger partial charge >= 0.3 is 0 Å². The van der Waals surface area contributed by atoms with Crippen LogP contribution in [0.5, 0.6) is 0 Å². The zero-order chi connectivity index (χ0) is 31.6. The maximum Gasteiger partial charge on any atom is 0.0346 e. The zero-order valence-corrected chi connectivity index (χ0v) is 26.1. The number of fused-ring (bicyclic) bond motifs is 2. The van der Waals surface area contributed by atoms with E-state index in [1.54, 1.807) is 0 Å². The summed E-state index contributed by atoms with van der Waals surface area (Å²) in [5, 5.41) is 12.5. The Bertz CT molecular complexity index is 2610. The van der Waals surface area contributed by atoms with E-state index in [2.05, 4.69) is 143 Å². The number of nitrogens with zero attached hydrogens (tertiary/aromatic N) is 2. The lowest BCUT2D eigenvalue weighted by atomic mass is 9.81. The molecule has 0 aliphatic heterocycles. The van der Waals surface area contributed by atoms with Gasteiger partial charge in [-0.05, 0) is 112 Å². The average molecular weight is 609 g/mol. The van der Waals surface area contributed by atoms with Crippen LogP contribution in [0.1, 0.15) is 0 Å². The van der Waals surface area contributed by atoms with Crippen molar-refractivity contribution in [2.75, 3.05) is 0 Å². The molecule has 0 saturated carbocycles. The van der Waals surface area contributed by atoms with E-state index in [0.717, 1.165) is 11.1 Å². The Morgan fingerprint density at radius 2 is 0.708 bits per heavy atom. The summed E-state index contributed by atoms with van der Waals surface area (Å²) in [5.74, 6) is 0. The molecule has 0 N–H and O–H groups in total. The second kappa shape index (κ2) is 10.6. The van der Waals surface area contributed by atoms with Crippen LogP contribution < -0.4 is 0 Å². The van der Waals surface area contributed by atoms with Crippen molar-refractivity contribution in [2.24, 2.45) is 0 Å². The number of aromatic nitrogens is 2. The SMILES string of the molecule is c1cncc(-c2cc(-c3cccc4ccccc34)c3ccc4c(-c5cccnc5)cc(-c5cccc6ccccc56)c5ccc2c3c45)c1. The first-order chi connectivity index (χ1) is 23.8. The minimum atomic E-state index is 1.11. The van der Waals surface area contributed by atoms with Gasteiger partial charge in [0.05, 0.1) is 0 Å². The van der Waals surface area contributed by atoms with Gasteiger partial charge in [-0.15, -0.1) is 0 Å². The van der Waals surface area contributed by atoms with Gasteiger partial charge in [0.1, 0.15) is 0 Å². The van der Waals surface area contributed by atoms with Gasteiger partial charge in [0.2, 0.25) is 0 Å². The number of rotatable bonds is 4. The Kier molecular flexibility index (Phi) is 5.91. The number of hydrogen-bond donors (Lipinski definition) is 0. The van der Waals surface area contributed by atoms with Crippen molar-refractivity contribution < 1.29 is 0 Å². The van der Waals surface area contributed by atoms with Gasteiger partial charge in [-0.25, -0.2) is 0 Å². The summed E-state index contributed by atoms with van der Waals surface area (Å²) in [4.78, 5) is 9.10. The molecule has 2 aromatic heterocycles. The Labute approximate surface area is 277 Å². The molecule has 0 unspecified atom stereocenters. The van der Waals surface area contributed by atoms with E-state index in [4.69, 9.17) is 0 Å². The highest BCUT2D eigenvalue weighted by molar-refractivity contribution is 6.32. The molecule has 0 fully saturated rings. The minimum absolute atomic E-state index is 1.11. The fourth-order valence-electron chi connectivity index (χ4n) is 7.88. The van der Waals surface area contributed by atoms with Gasteiger partial charge in [0, 0.05) is 35.9 Å². The van der Waals surface area contributed by atoms with Crippen molar-refractivity contribution in [1.82, 2.24) is 9.97 Å². The van der Waals surface area contributed by atoms with Gasteiger partial charge in [-0.2, -0.15) is 0 Å². The van der Waals surface area contributed by atoms with E-state index in [0.29, 0.717) is 0 Å². The number of benzene rings is 8. The molecule has 0 bridgehead atoms. The molecule has 0 spiro atoms. The third kappa shape index (κ3) is 4.00. The highest BCUT2D eigenvalue weighted by Gasteiger charge is 2.22. The highest BCUT2D eigenvalue weighted by Crippen LogP contribution is 2.49. The van der Waals surface area contributed by atoms with Crippen molar-refractivity contribution in [3.8, 4) is 44.5 Å². The standard InChI is InChI=1S/C46H28N2/c1-3-15-33-29(9-1)11-5-17-35(33)43-25-41(31-13-7-23-47-27-31)37-20-22-40-44(36-18-6-12-30-10-2-4-16-34(30)36)26-42(32-14-8-24-48-28-32)38-19-21-39(43)45(37)46(38)40/h1-28H. The molecule has 0 amide bonds. The molecule has 48 heavy (non-hydrogen) atoms. The lowest BCUT2D eigenvalue weighted by Crippen LogP contribution is -1.95. The summed E-state index contributed by atoms with van der Waals surface area (Å²) < 4.78 is 0. The van der Waals surface area contributed by atoms with Gasteiger partial charge in [0.15, 0.2) is 0 Å². The smallest absolute Gasteiger partial charge is 0.0346 e. The molecule has 222 valence electrons. The van der Waals surface area contributed by atoms with Crippen LogP contribution in [-0.4, -0.2) is 9.97 Å². The third-order valence-corrected chi connectivity index (χ3v) is 10.0. The second-order valence-electron chi connectivity index (χ2n) is 12.6. The molecular formula is C46H28N2. The lowest BCUT2D eigenvalue weighted by Gasteiger charge is -2.22. The maximum atomic E-state index is 4.55. The van der Waals surface area contributed by atoms with Gasteiger partial charge in [0.25, 0.3) is 0 Å². The summed E-state index contributed by atoms with van der Waals surface area (Å²) in [6.07, 6.45) is 7.67. The third-order valence-electron chi connectivity index (χ3n) is 10.0. The Hall–Kier alpha value is -6.38. The first-order valence-electron chi connectivity index (χ1n) is 16.4. The molecule has 0 atom stereocenters. The predicted molar refractivity (Wildman–Crippen MR) is 202 cm³/mol. The summed E-state index contributed by atoms with van der Waals surface area (Å²) in [5.41, 5.74) is 9.52. The molecule has 10 aromatic rings. The van der Waals surface area contributed by atoms with E-state index in [-0.39, 0.29) is 0 Å².